The van der Waals surface area contributed by atoms with E-state index in [1.807, 2.05) is 24.8 Å². The van der Waals surface area contributed by atoms with Gasteiger partial charge in [0.1, 0.15) is 11.9 Å². The number of nitrogens with zero attached hydrogens (tertiary/aromatic N) is 6. The lowest BCUT2D eigenvalue weighted by atomic mass is 9.92. The zero-order valence-corrected chi connectivity index (χ0v) is 22.5. The molecule has 5 heterocycles. The van der Waals surface area contributed by atoms with E-state index in [4.69, 9.17) is 0 Å². The number of imide groups is 2. The van der Waals surface area contributed by atoms with E-state index < -0.39 is 35.5 Å². The van der Waals surface area contributed by atoms with Gasteiger partial charge in [-0.05, 0) is 51.3 Å². The molecule has 3 aliphatic rings. The van der Waals surface area contributed by atoms with Gasteiger partial charge in [0.2, 0.25) is 17.8 Å². The Balaban J connectivity index is 1.19. The van der Waals surface area contributed by atoms with Gasteiger partial charge < -0.3 is 10.2 Å². The van der Waals surface area contributed by atoms with Crippen molar-refractivity contribution in [2.75, 3.05) is 23.3 Å². The Hall–Kier alpha value is -4.81. The van der Waals surface area contributed by atoms with Crippen LogP contribution in [0.15, 0.2) is 30.6 Å². The number of carbonyl (C=O) groups excluding carboxylic acids is 4. The molecule has 3 aliphatic heterocycles. The standard InChI is InChI=1S/C28H27FN8O4/c1-14-11-15(2)33-28(32-14)35-24-23(30-7-8-31-24)16-5-9-36(10-6-16)21-13-18-17(12-19(21)29)26(40)37(27(18)41)20-3-4-22(38)34-25(20)39/h7-8,11-13,16,20H,3-6,9-10H2,1-2H3,(H,34,38,39)(H,31,32,33,35). The van der Waals surface area contributed by atoms with E-state index in [0.29, 0.717) is 37.7 Å². The van der Waals surface area contributed by atoms with Crippen LogP contribution in [0.5, 0.6) is 0 Å². The molecule has 3 aromatic rings. The molecule has 12 nitrogen and oxygen atoms in total. The summed E-state index contributed by atoms with van der Waals surface area (Å²) in [6.45, 7) is 4.74. The van der Waals surface area contributed by atoms with E-state index in [9.17, 15) is 19.2 Å². The summed E-state index contributed by atoms with van der Waals surface area (Å²) in [7, 11) is 0. The molecule has 0 spiro atoms. The zero-order chi connectivity index (χ0) is 28.8. The van der Waals surface area contributed by atoms with Crippen molar-refractivity contribution in [1.29, 1.82) is 0 Å². The quantitative estimate of drug-likeness (QED) is 0.447. The minimum absolute atomic E-state index is 0.0129. The molecule has 1 aromatic carbocycles. The molecule has 2 saturated heterocycles. The molecule has 2 fully saturated rings. The lowest BCUT2D eigenvalue weighted by Crippen LogP contribution is -2.54. The smallest absolute Gasteiger partial charge is 0.262 e. The Morgan fingerprint density at radius 1 is 0.902 bits per heavy atom. The van der Waals surface area contributed by atoms with Crippen molar-refractivity contribution >= 4 is 41.1 Å². The average Bonchev–Trinajstić information content (AvgIpc) is 3.17. The second-order valence-electron chi connectivity index (χ2n) is 10.4. The first-order valence-electron chi connectivity index (χ1n) is 13.4. The average molecular weight is 559 g/mol. The van der Waals surface area contributed by atoms with E-state index >= 15 is 4.39 Å². The third-order valence-corrected chi connectivity index (χ3v) is 7.67. The highest BCUT2D eigenvalue weighted by molar-refractivity contribution is 6.23. The zero-order valence-electron chi connectivity index (χ0n) is 22.5. The minimum Gasteiger partial charge on any atom is -0.369 e. The fourth-order valence-corrected chi connectivity index (χ4v) is 5.75. The summed E-state index contributed by atoms with van der Waals surface area (Å²) in [6, 6.07) is 3.24. The number of piperidine rings is 2. The van der Waals surface area contributed by atoms with Gasteiger partial charge in [-0.3, -0.25) is 34.4 Å². The van der Waals surface area contributed by atoms with Crippen LogP contribution in [0.25, 0.3) is 0 Å². The SMILES string of the molecule is Cc1cc(C)nc(Nc2nccnc2C2CCN(c3cc4c(cc3F)C(=O)N(C3CCC(=O)NC3=O)C4=O)CC2)n1. The van der Waals surface area contributed by atoms with Gasteiger partial charge in [0, 0.05) is 49.2 Å². The summed E-state index contributed by atoms with van der Waals surface area (Å²) >= 11 is 0. The van der Waals surface area contributed by atoms with Gasteiger partial charge in [0.15, 0.2) is 5.82 Å². The first-order valence-corrected chi connectivity index (χ1v) is 13.4. The number of hydrogen-bond donors (Lipinski definition) is 2. The van der Waals surface area contributed by atoms with Gasteiger partial charge in [-0.1, -0.05) is 0 Å². The number of rotatable bonds is 5. The second-order valence-corrected chi connectivity index (χ2v) is 10.4. The number of nitrogens with one attached hydrogen (secondary N) is 2. The summed E-state index contributed by atoms with van der Waals surface area (Å²) in [4.78, 5) is 70.7. The lowest BCUT2D eigenvalue weighted by Gasteiger charge is -2.34. The molecule has 13 heteroatoms. The Labute approximate surface area is 234 Å². The van der Waals surface area contributed by atoms with Crippen LogP contribution < -0.4 is 15.5 Å². The number of hydrogen-bond acceptors (Lipinski definition) is 10. The largest absolute Gasteiger partial charge is 0.369 e. The normalized spacial score (nSPS) is 19.4. The van der Waals surface area contributed by atoms with Crippen molar-refractivity contribution in [1.82, 2.24) is 30.2 Å². The van der Waals surface area contributed by atoms with Crippen LogP contribution in [0, 0.1) is 19.7 Å². The van der Waals surface area contributed by atoms with Crippen molar-refractivity contribution in [3.05, 3.63) is 64.6 Å². The second kappa shape index (κ2) is 10.3. The predicted molar refractivity (Wildman–Crippen MR) is 144 cm³/mol. The summed E-state index contributed by atoms with van der Waals surface area (Å²) < 4.78 is 15.3. The number of carbonyl (C=O) groups is 4. The van der Waals surface area contributed by atoms with Crippen molar-refractivity contribution < 1.29 is 23.6 Å². The molecule has 4 amide bonds. The molecule has 2 N–H and O–H groups in total. The molecule has 0 saturated carbocycles. The maximum atomic E-state index is 15.3. The predicted octanol–water partition coefficient (Wildman–Crippen LogP) is 2.55. The fraction of sp³-hybridized carbons (Fsp3) is 0.357. The summed E-state index contributed by atoms with van der Waals surface area (Å²) in [5.74, 6) is -2.15. The van der Waals surface area contributed by atoms with Crippen LogP contribution in [0.2, 0.25) is 0 Å². The first kappa shape index (κ1) is 26.4. The monoisotopic (exact) mass is 558 g/mol. The lowest BCUT2D eigenvalue weighted by molar-refractivity contribution is -0.136. The van der Waals surface area contributed by atoms with Crippen LogP contribution in [0.4, 0.5) is 21.8 Å². The number of amides is 4. The highest BCUT2D eigenvalue weighted by Gasteiger charge is 2.45. The highest BCUT2D eigenvalue weighted by atomic mass is 19.1. The molecular formula is C28H27FN8O4. The number of halogens is 1. The molecule has 2 aromatic heterocycles. The van der Waals surface area contributed by atoms with Gasteiger partial charge in [-0.15, -0.1) is 0 Å². The molecule has 41 heavy (non-hydrogen) atoms. The molecule has 0 radical (unpaired) electrons. The minimum atomic E-state index is -1.11. The maximum absolute atomic E-state index is 15.3. The molecule has 0 aliphatic carbocycles. The van der Waals surface area contributed by atoms with Gasteiger partial charge in [-0.25, -0.2) is 19.3 Å². The van der Waals surface area contributed by atoms with E-state index in [0.717, 1.165) is 28.0 Å². The Morgan fingerprint density at radius 2 is 1.56 bits per heavy atom. The highest BCUT2D eigenvalue weighted by Crippen LogP contribution is 2.37. The van der Waals surface area contributed by atoms with Gasteiger partial charge in [0.05, 0.1) is 22.5 Å². The number of anilines is 3. The number of aromatic nitrogens is 4. The first-order chi connectivity index (χ1) is 19.7. The molecular weight excluding hydrogens is 531 g/mol. The molecule has 6 rings (SSSR count). The van der Waals surface area contributed by atoms with Crippen LogP contribution in [-0.2, 0) is 9.59 Å². The van der Waals surface area contributed by atoms with E-state index in [2.05, 4.69) is 30.6 Å². The topological polar surface area (TPSA) is 150 Å². The third kappa shape index (κ3) is 4.87. The molecule has 0 bridgehead atoms. The van der Waals surface area contributed by atoms with Crippen LogP contribution >= 0.6 is 0 Å². The van der Waals surface area contributed by atoms with Crippen molar-refractivity contribution in [3.8, 4) is 0 Å². The van der Waals surface area contributed by atoms with Crippen LogP contribution in [-0.4, -0.2) is 67.6 Å². The summed E-state index contributed by atoms with van der Waals surface area (Å²) in [6.07, 6.45) is 4.57. The summed E-state index contributed by atoms with van der Waals surface area (Å²) in [5.41, 5.74) is 2.61. The van der Waals surface area contributed by atoms with Gasteiger partial charge in [-0.2, -0.15) is 0 Å². The van der Waals surface area contributed by atoms with Crippen molar-refractivity contribution in [2.24, 2.45) is 0 Å². The fourth-order valence-electron chi connectivity index (χ4n) is 5.75. The summed E-state index contributed by atoms with van der Waals surface area (Å²) in [5, 5.41) is 5.35. The van der Waals surface area contributed by atoms with E-state index in [1.54, 1.807) is 12.4 Å². The van der Waals surface area contributed by atoms with Crippen molar-refractivity contribution in [2.45, 2.75) is 51.5 Å². The molecule has 210 valence electrons. The molecule has 1 atom stereocenters. The maximum Gasteiger partial charge on any atom is 0.262 e. The van der Waals surface area contributed by atoms with Crippen LogP contribution in [0.3, 0.4) is 0 Å². The van der Waals surface area contributed by atoms with Gasteiger partial charge in [0.25, 0.3) is 11.8 Å². The van der Waals surface area contributed by atoms with E-state index in [1.165, 1.54) is 6.07 Å². The Bertz CT molecular complexity index is 1580. The number of aryl methyl sites for hydroxylation is 2. The van der Waals surface area contributed by atoms with Gasteiger partial charge >= 0.3 is 0 Å². The van der Waals surface area contributed by atoms with Crippen molar-refractivity contribution in [3.63, 3.8) is 0 Å². The van der Waals surface area contributed by atoms with E-state index in [-0.39, 0.29) is 35.6 Å². The van der Waals surface area contributed by atoms with Crippen LogP contribution in [0.1, 0.15) is 69.4 Å². The Morgan fingerprint density at radius 3 is 2.24 bits per heavy atom. The molecule has 1 unspecified atom stereocenters. The third-order valence-electron chi connectivity index (χ3n) is 7.67. The Kier molecular flexibility index (Phi) is 6.64. The number of fused-ring (bicyclic) bond motifs is 1. The number of benzene rings is 1.